The zero-order valence-corrected chi connectivity index (χ0v) is 34.2. The molecule has 19 nitrogen and oxygen atoms in total. The van der Waals surface area contributed by atoms with Gasteiger partial charge in [-0.3, -0.25) is 19.2 Å². The normalized spacial score (nSPS) is 11.6. The van der Waals surface area contributed by atoms with E-state index in [1.807, 2.05) is 0 Å². The first kappa shape index (κ1) is 45.7. The number of aromatic hydroxyl groups is 3. The number of phenolic OH excluding ortho intramolecular Hbond substituents is 2. The number of nitrogens with one attached hydrogen (secondary N) is 5. The van der Waals surface area contributed by atoms with Crippen LogP contribution < -0.4 is 35.5 Å². The lowest BCUT2D eigenvalue weighted by Crippen LogP contribution is -2.43. The number of hydrogen-bond acceptors (Lipinski definition) is 13. The Balaban J connectivity index is 1.20. The Morgan fingerprint density at radius 1 is 0.698 bits per heavy atom. The minimum Gasteiger partial charge on any atom is -0.508 e. The van der Waals surface area contributed by atoms with Crippen LogP contribution in [0.4, 0.5) is 22.7 Å². The summed E-state index contributed by atoms with van der Waals surface area (Å²) in [6.45, 7) is 1.58. The largest absolute Gasteiger partial charge is 0.508 e. The predicted octanol–water partition coefficient (Wildman–Crippen LogP) is 5.26. The van der Waals surface area contributed by atoms with Gasteiger partial charge in [-0.1, -0.05) is 12.1 Å². The van der Waals surface area contributed by atoms with E-state index in [1.165, 1.54) is 86.0 Å². The molecule has 0 aliphatic rings. The van der Waals surface area contributed by atoms with Crippen molar-refractivity contribution in [3.05, 3.63) is 125 Å². The van der Waals surface area contributed by atoms with E-state index in [-0.39, 0.29) is 56.0 Å². The van der Waals surface area contributed by atoms with Crippen molar-refractivity contribution in [1.82, 2.24) is 4.72 Å². The average Bonchev–Trinajstić information content (AvgIpc) is 3.24. The molecule has 4 amide bonds. The van der Waals surface area contributed by atoms with Gasteiger partial charge in [0.1, 0.15) is 17.4 Å². The first-order valence-corrected chi connectivity index (χ1v) is 19.8. The lowest BCUT2D eigenvalue weighted by atomic mass is 10.1. The van der Waals surface area contributed by atoms with Crippen LogP contribution in [0, 0.1) is 11.3 Å². The number of carboxylic acids is 1. The van der Waals surface area contributed by atoms with Gasteiger partial charge in [-0.15, -0.1) is 0 Å². The number of benzene rings is 5. The molecular formula is C43H38N6O13S. The molecule has 63 heavy (non-hydrogen) atoms. The summed E-state index contributed by atoms with van der Waals surface area (Å²) in [7, 11) is -2.03. The Labute approximate surface area is 359 Å². The second kappa shape index (κ2) is 19.8. The summed E-state index contributed by atoms with van der Waals surface area (Å²) in [5, 5.41) is 59.4. The molecule has 324 valence electrons. The number of hydrogen-bond donors (Lipinski definition) is 9. The number of anilines is 4. The molecule has 5 aromatic rings. The van der Waals surface area contributed by atoms with Crippen molar-refractivity contribution in [3.63, 3.8) is 0 Å². The molecular weight excluding hydrogens is 841 g/mol. The average molecular weight is 879 g/mol. The summed E-state index contributed by atoms with van der Waals surface area (Å²) in [5.41, 5.74) is 0.552. The van der Waals surface area contributed by atoms with Crippen LogP contribution in [0.3, 0.4) is 0 Å². The number of carboxylic acid groups (broad SMARTS) is 1. The van der Waals surface area contributed by atoms with Crippen molar-refractivity contribution >= 4 is 68.4 Å². The van der Waals surface area contributed by atoms with E-state index >= 15 is 0 Å². The number of carbonyl (C=O) groups excluding carboxylic acids is 4. The second-order valence-corrected chi connectivity index (χ2v) is 15.0. The van der Waals surface area contributed by atoms with Crippen molar-refractivity contribution in [3.8, 4) is 34.8 Å². The second-order valence-electron chi connectivity index (χ2n) is 13.3. The first-order chi connectivity index (χ1) is 30.0. The minimum absolute atomic E-state index is 0.0461. The minimum atomic E-state index is -4.35. The summed E-state index contributed by atoms with van der Waals surface area (Å²) >= 11 is 0. The van der Waals surface area contributed by atoms with Crippen LogP contribution in [0.25, 0.3) is 6.08 Å². The number of carbonyl (C=O) groups is 5. The van der Waals surface area contributed by atoms with Crippen LogP contribution >= 0.6 is 0 Å². The molecule has 0 aliphatic carbocycles. The molecule has 0 radical (unpaired) electrons. The van der Waals surface area contributed by atoms with Gasteiger partial charge in [0.2, 0.25) is 15.9 Å². The standard InChI is InChI=1S/C43H38N6O13S/c1-23(22-24-4-12-28(50)13-5-24)39(53)45-27-10-14-29(15-11-27)63(59,60)49-34(20-21-44)42(56)46-26-8-6-25(7-9-26)40(54)47-32-18-16-30(35(51)37(32)61-2)41(55)48-33-19-17-31(43(57)58)36(52)38(33)62-3/h4-19,22,34,49-52H,20H2,1-3H3,(H,45,53)(H,46,56)(H,47,54)(H,48,55)(H,57,58). The van der Waals surface area contributed by atoms with Crippen molar-refractivity contribution in [2.45, 2.75) is 24.3 Å². The molecule has 5 rings (SSSR count). The van der Waals surface area contributed by atoms with Gasteiger partial charge in [0.15, 0.2) is 23.0 Å². The van der Waals surface area contributed by atoms with Gasteiger partial charge in [-0.2, -0.15) is 9.98 Å². The Morgan fingerprint density at radius 3 is 1.78 bits per heavy atom. The number of rotatable bonds is 16. The fraction of sp³-hybridized carbons (Fsp3) is 0.116. The first-order valence-electron chi connectivity index (χ1n) is 18.3. The molecule has 1 atom stereocenters. The van der Waals surface area contributed by atoms with Crippen molar-refractivity contribution in [2.24, 2.45) is 0 Å². The number of amides is 4. The molecule has 20 heteroatoms. The van der Waals surface area contributed by atoms with Gasteiger partial charge in [-0.25, -0.2) is 13.2 Å². The summed E-state index contributed by atoms with van der Waals surface area (Å²) in [5.74, 6) is -6.35. The van der Waals surface area contributed by atoms with Crippen LogP contribution in [0.15, 0.2) is 108 Å². The van der Waals surface area contributed by atoms with E-state index in [2.05, 4.69) is 26.0 Å². The van der Waals surface area contributed by atoms with Crippen molar-refractivity contribution < 1.29 is 62.3 Å². The molecule has 0 saturated carbocycles. The number of nitriles is 1. The summed E-state index contributed by atoms with van der Waals surface area (Å²) in [4.78, 5) is 63.3. The molecule has 0 aromatic heterocycles. The van der Waals surface area contributed by atoms with Gasteiger partial charge in [-0.05, 0) is 103 Å². The van der Waals surface area contributed by atoms with Crippen LogP contribution in [-0.4, -0.2) is 78.7 Å². The third-order valence-corrected chi connectivity index (χ3v) is 10.5. The molecule has 0 heterocycles. The molecule has 9 N–H and O–H groups in total. The maximum absolute atomic E-state index is 13.2. The van der Waals surface area contributed by atoms with Gasteiger partial charge in [0.25, 0.3) is 17.7 Å². The molecule has 0 aliphatic heterocycles. The highest BCUT2D eigenvalue weighted by Gasteiger charge is 2.27. The molecule has 5 aromatic carbocycles. The predicted molar refractivity (Wildman–Crippen MR) is 228 cm³/mol. The number of nitrogens with zero attached hydrogens (tertiary/aromatic N) is 1. The van der Waals surface area contributed by atoms with Crippen LogP contribution in [0.2, 0.25) is 0 Å². The summed E-state index contributed by atoms with van der Waals surface area (Å²) < 4.78 is 39.0. The van der Waals surface area contributed by atoms with Crippen LogP contribution in [0.5, 0.6) is 28.7 Å². The molecule has 0 saturated heterocycles. The zero-order chi connectivity index (χ0) is 46.0. The number of aromatic carboxylic acids is 1. The van der Waals surface area contributed by atoms with Crippen LogP contribution in [0.1, 0.15) is 50.0 Å². The van der Waals surface area contributed by atoms with Gasteiger partial charge < -0.3 is 51.2 Å². The highest BCUT2D eigenvalue weighted by atomic mass is 32.2. The summed E-state index contributed by atoms with van der Waals surface area (Å²) in [6.07, 6.45) is 1.06. The van der Waals surface area contributed by atoms with E-state index in [9.17, 15) is 58.1 Å². The molecule has 0 fully saturated rings. The van der Waals surface area contributed by atoms with E-state index in [1.54, 1.807) is 31.2 Å². The number of methoxy groups -OCH3 is 2. The Kier molecular flexibility index (Phi) is 14.3. The number of sulfonamides is 1. The Hall–Kier alpha value is -8.41. The molecule has 0 spiro atoms. The number of ether oxygens (including phenoxy) is 2. The highest BCUT2D eigenvalue weighted by molar-refractivity contribution is 7.89. The zero-order valence-electron chi connectivity index (χ0n) is 33.4. The quantitative estimate of drug-likeness (QED) is 0.0571. The third-order valence-electron chi connectivity index (χ3n) is 9.02. The van der Waals surface area contributed by atoms with Crippen LogP contribution in [-0.2, 0) is 19.6 Å². The van der Waals surface area contributed by atoms with Crippen molar-refractivity contribution in [2.75, 3.05) is 35.5 Å². The number of phenols is 3. The fourth-order valence-corrected chi connectivity index (χ4v) is 6.99. The van der Waals surface area contributed by atoms with Gasteiger partial charge in [0, 0.05) is 22.5 Å². The van der Waals surface area contributed by atoms with E-state index in [0.29, 0.717) is 11.1 Å². The maximum Gasteiger partial charge on any atom is 0.339 e. The fourth-order valence-electron chi connectivity index (χ4n) is 5.79. The maximum atomic E-state index is 13.2. The van der Waals surface area contributed by atoms with E-state index < -0.39 is 69.1 Å². The molecule has 1 unspecified atom stereocenters. The smallest absolute Gasteiger partial charge is 0.339 e. The monoisotopic (exact) mass is 878 g/mol. The SMILES string of the molecule is COc1c(NC(=O)c2ccc(NC(=O)c3ccc(NC(=O)C(CC#N)NS(=O)(=O)c4ccc(NC(=O)C(C)=Cc5ccc(O)cc5)cc4)cc3)c(OC)c2O)ccc(C(=O)O)c1O. The third kappa shape index (κ3) is 11.1. The van der Waals surface area contributed by atoms with Crippen molar-refractivity contribution in [1.29, 1.82) is 5.26 Å². The van der Waals surface area contributed by atoms with E-state index in [4.69, 9.17) is 9.47 Å². The summed E-state index contributed by atoms with van der Waals surface area (Å²) in [6, 6.07) is 21.6. The topological polar surface area (TPSA) is 303 Å². The van der Waals surface area contributed by atoms with Gasteiger partial charge >= 0.3 is 5.97 Å². The molecule has 0 bridgehead atoms. The lowest BCUT2D eigenvalue weighted by molar-refractivity contribution is -0.117. The lowest BCUT2D eigenvalue weighted by Gasteiger charge is -2.17. The highest BCUT2D eigenvalue weighted by Crippen LogP contribution is 2.40. The Bertz CT molecular complexity index is 2770. The Morgan fingerprint density at radius 2 is 1.22 bits per heavy atom. The van der Waals surface area contributed by atoms with E-state index in [0.717, 1.165) is 13.2 Å². The van der Waals surface area contributed by atoms with Gasteiger partial charge in [0.05, 0.1) is 48.5 Å².